The second-order valence-electron chi connectivity index (χ2n) is 6.66. The molecule has 0 radical (unpaired) electrons. The number of aryl methyl sites for hydroxylation is 2. The van der Waals surface area contributed by atoms with Crippen molar-refractivity contribution >= 4 is 22.5 Å². The molecule has 0 atom stereocenters. The van der Waals surface area contributed by atoms with E-state index < -0.39 is 0 Å². The van der Waals surface area contributed by atoms with E-state index in [1.807, 2.05) is 5.38 Å². The Morgan fingerprint density at radius 1 is 1.07 bits per heavy atom. The summed E-state index contributed by atoms with van der Waals surface area (Å²) < 4.78 is 12.9. The molecule has 138 valence electrons. The number of nitrogens with one attached hydrogen (secondary N) is 2. The summed E-state index contributed by atoms with van der Waals surface area (Å²) in [6.45, 7) is 0.329. The molecule has 4 rings (SSSR count). The zero-order chi connectivity index (χ0) is 18.6. The standard InChI is InChI=1S/C21H20FN3OS/c22-18-9-5-14(6-10-18)12-23-20(26)25-21-24-19(13-27-21)17-8-7-15-3-1-2-4-16(15)11-17/h5-11,13H,1-4,12H2,(H2,23,24,25,26). The summed E-state index contributed by atoms with van der Waals surface area (Å²) in [5, 5.41) is 8.02. The second kappa shape index (κ2) is 7.88. The minimum absolute atomic E-state index is 0.291. The molecule has 1 aliphatic rings. The number of carbonyl (C=O) groups is 1. The van der Waals surface area contributed by atoms with E-state index in [1.165, 1.54) is 47.4 Å². The van der Waals surface area contributed by atoms with Crippen molar-refractivity contribution in [3.05, 3.63) is 70.4 Å². The lowest BCUT2D eigenvalue weighted by atomic mass is 9.90. The van der Waals surface area contributed by atoms with Gasteiger partial charge < -0.3 is 5.32 Å². The summed E-state index contributed by atoms with van der Waals surface area (Å²) in [4.78, 5) is 16.6. The number of halogens is 1. The number of thiazole rings is 1. The summed E-state index contributed by atoms with van der Waals surface area (Å²) in [7, 11) is 0. The van der Waals surface area contributed by atoms with E-state index in [0.717, 1.165) is 29.7 Å². The van der Waals surface area contributed by atoms with E-state index in [1.54, 1.807) is 12.1 Å². The van der Waals surface area contributed by atoms with E-state index in [0.29, 0.717) is 11.7 Å². The first-order valence-electron chi connectivity index (χ1n) is 9.04. The number of amides is 2. The van der Waals surface area contributed by atoms with Gasteiger partial charge in [0.25, 0.3) is 0 Å². The van der Waals surface area contributed by atoms with Gasteiger partial charge >= 0.3 is 6.03 Å². The van der Waals surface area contributed by atoms with Crippen molar-refractivity contribution in [2.75, 3.05) is 5.32 Å². The van der Waals surface area contributed by atoms with Crippen molar-refractivity contribution in [2.45, 2.75) is 32.2 Å². The van der Waals surface area contributed by atoms with Gasteiger partial charge in [-0.2, -0.15) is 0 Å². The number of rotatable bonds is 4. The summed E-state index contributed by atoms with van der Waals surface area (Å²) in [5.74, 6) is -0.291. The molecule has 2 aromatic carbocycles. The summed E-state index contributed by atoms with van der Waals surface area (Å²) in [6, 6.07) is 12.2. The number of fused-ring (bicyclic) bond motifs is 1. The Balaban J connectivity index is 1.37. The van der Waals surface area contributed by atoms with Crippen LogP contribution in [0.1, 0.15) is 29.5 Å². The molecule has 2 N–H and O–H groups in total. The molecule has 0 unspecified atom stereocenters. The van der Waals surface area contributed by atoms with E-state index in [9.17, 15) is 9.18 Å². The highest BCUT2D eigenvalue weighted by atomic mass is 32.1. The Hall–Kier alpha value is -2.73. The molecule has 1 aliphatic carbocycles. The third-order valence-electron chi connectivity index (χ3n) is 4.74. The summed E-state index contributed by atoms with van der Waals surface area (Å²) >= 11 is 1.40. The topological polar surface area (TPSA) is 54.0 Å². The second-order valence-corrected chi connectivity index (χ2v) is 7.52. The maximum absolute atomic E-state index is 12.9. The Morgan fingerprint density at radius 2 is 1.85 bits per heavy atom. The normalized spacial score (nSPS) is 13.1. The molecule has 27 heavy (non-hydrogen) atoms. The molecule has 0 fully saturated rings. The molecule has 1 aromatic heterocycles. The van der Waals surface area contributed by atoms with Crippen LogP contribution in [0.25, 0.3) is 11.3 Å². The maximum Gasteiger partial charge on any atom is 0.321 e. The van der Waals surface area contributed by atoms with Crippen molar-refractivity contribution in [3.8, 4) is 11.3 Å². The molecule has 1 heterocycles. The van der Waals surface area contributed by atoms with Crippen molar-refractivity contribution in [1.29, 1.82) is 0 Å². The van der Waals surface area contributed by atoms with Gasteiger partial charge in [-0.3, -0.25) is 5.32 Å². The van der Waals surface area contributed by atoms with E-state index >= 15 is 0 Å². The van der Waals surface area contributed by atoms with Gasteiger partial charge in [-0.25, -0.2) is 14.2 Å². The van der Waals surface area contributed by atoms with Crippen LogP contribution in [0, 0.1) is 5.82 Å². The third-order valence-corrected chi connectivity index (χ3v) is 5.49. The Morgan fingerprint density at radius 3 is 2.67 bits per heavy atom. The van der Waals surface area contributed by atoms with Gasteiger partial charge in [0, 0.05) is 17.5 Å². The first kappa shape index (κ1) is 17.7. The molecular weight excluding hydrogens is 361 g/mol. The van der Waals surface area contributed by atoms with Crippen LogP contribution in [-0.4, -0.2) is 11.0 Å². The number of benzene rings is 2. The highest BCUT2D eigenvalue weighted by molar-refractivity contribution is 7.14. The molecule has 0 saturated heterocycles. The molecule has 0 aliphatic heterocycles. The first-order chi connectivity index (χ1) is 13.2. The van der Waals surface area contributed by atoms with Crippen LogP contribution in [0.4, 0.5) is 14.3 Å². The predicted molar refractivity (Wildman–Crippen MR) is 106 cm³/mol. The van der Waals surface area contributed by atoms with Crippen LogP contribution < -0.4 is 10.6 Å². The number of carbonyl (C=O) groups excluding carboxylic acids is 1. The maximum atomic E-state index is 12.9. The fraction of sp³-hybridized carbons (Fsp3) is 0.238. The smallest absolute Gasteiger partial charge is 0.321 e. The number of urea groups is 1. The van der Waals surface area contributed by atoms with Gasteiger partial charge in [-0.05, 0) is 60.6 Å². The van der Waals surface area contributed by atoms with Crippen LogP contribution >= 0.6 is 11.3 Å². The number of hydrogen-bond acceptors (Lipinski definition) is 3. The van der Waals surface area contributed by atoms with Crippen molar-refractivity contribution < 1.29 is 9.18 Å². The van der Waals surface area contributed by atoms with Gasteiger partial charge in [0.15, 0.2) is 5.13 Å². The molecule has 0 saturated carbocycles. The van der Waals surface area contributed by atoms with Gasteiger partial charge in [0.1, 0.15) is 5.82 Å². The van der Waals surface area contributed by atoms with Crippen molar-refractivity contribution in [1.82, 2.24) is 10.3 Å². The molecular formula is C21H20FN3OS. The zero-order valence-corrected chi connectivity index (χ0v) is 15.6. The largest absolute Gasteiger partial charge is 0.334 e. The summed E-state index contributed by atoms with van der Waals surface area (Å²) in [5.41, 5.74) is 5.66. The number of anilines is 1. The molecule has 0 spiro atoms. The molecule has 3 aromatic rings. The molecule has 0 bridgehead atoms. The lowest BCUT2D eigenvalue weighted by Crippen LogP contribution is -2.28. The molecule has 6 heteroatoms. The van der Waals surface area contributed by atoms with Gasteiger partial charge in [-0.1, -0.05) is 24.3 Å². The van der Waals surface area contributed by atoms with Gasteiger partial charge in [0.2, 0.25) is 0 Å². The SMILES string of the molecule is O=C(NCc1ccc(F)cc1)Nc1nc(-c2ccc3c(c2)CCCC3)cs1. The van der Waals surface area contributed by atoms with Crippen molar-refractivity contribution in [3.63, 3.8) is 0 Å². The van der Waals surface area contributed by atoms with Crippen LogP contribution in [0.3, 0.4) is 0 Å². The van der Waals surface area contributed by atoms with Crippen LogP contribution in [0.5, 0.6) is 0 Å². The third kappa shape index (κ3) is 4.34. The number of hydrogen-bond donors (Lipinski definition) is 2. The first-order valence-corrected chi connectivity index (χ1v) is 9.92. The van der Waals surface area contributed by atoms with E-state index in [-0.39, 0.29) is 11.8 Å². The fourth-order valence-corrected chi connectivity index (χ4v) is 4.00. The van der Waals surface area contributed by atoms with E-state index in [4.69, 9.17) is 0 Å². The Labute approximate surface area is 161 Å². The monoisotopic (exact) mass is 381 g/mol. The number of aromatic nitrogens is 1. The van der Waals surface area contributed by atoms with Crippen LogP contribution in [-0.2, 0) is 19.4 Å². The number of nitrogens with zero attached hydrogens (tertiary/aromatic N) is 1. The van der Waals surface area contributed by atoms with Gasteiger partial charge in [0.05, 0.1) is 5.69 Å². The average molecular weight is 381 g/mol. The fourth-order valence-electron chi connectivity index (χ4n) is 3.28. The lowest BCUT2D eigenvalue weighted by molar-refractivity contribution is 0.251. The Kier molecular flexibility index (Phi) is 5.16. The van der Waals surface area contributed by atoms with Crippen LogP contribution in [0.15, 0.2) is 47.8 Å². The predicted octanol–water partition coefficient (Wildman–Crippen LogP) is 5.15. The quantitative estimate of drug-likeness (QED) is 0.657. The average Bonchev–Trinajstić information content (AvgIpc) is 3.15. The lowest BCUT2D eigenvalue weighted by Gasteiger charge is -2.16. The van der Waals surface area contributed by atoms with Crippen LogP contribution in [0.2, 0.25) is 0 Å². The zero-order valence-electron chi connectivity index (χ0n) is 14.8. The minimum atomic E-state index is -0.328. The highest BCUT2D eigenvalue weighted by Gasteiger charge is 2.12. The molecule has 4 nitrogen and oxygen atoms in total. The minimum Gasteiger partial charge on any atom is -0.334 e. The Bertz CT molecular complexity index is 952. The van der Waals surface area contributed by atoms with E-state index in [2.05, 4.69) is 33.8 Å². The highest BCUT2D eigenvalue weighted by Crippen LogP contribution is 2.29. The van der Waals surface area contributed by atoms with Gasteiger partial charge in [-0.15, -0.1) is 11.3 Å². The van der Waals surface area contributed by atoms with Crippen molar-refractivity contribution in [2.24, 2.45) is 0 Å². The molecule has 2 amide bonds. The summed E-state index contributed by atoms with van der Waals surface area (Å²) in [6.07, 6.45) is 4.80.